The summed E-state index contributed by atoms with van der Waals surface area (Å²) in [4.78, 5) is 10.4. The van der Waals surface area contributed by atoms with E-state index in [-0.39, 0.29) is 6.10 Å². The number of azo groups is 1. The van der Waals surface area contributed by atoms with Crippen LogP contribution in [0.2, 0.25) is 0 Å². The largest absolute Gasteiger partial charge is 0.488 e. The van der Waals surface area contributed by atoms with Gasteiger partial charge in [0.25, 0.3) is 0 Å². The van der Waals surface area contributed by atoms with E-state index in [2.05, 4.69) is 10.2 Å². The van der Waals surface area contributed by atoms with Crippen molar-refractivity contribution in [2.24, 2.45) is 10.2 Å². The smallest absolute Gasteiger partial charge is 0.449 e. The molecule has 0 saturated heterocycles. The Bertz CT molecular complexity index is 483. The second-order valence-corrected chi connectivity index (χ2v) is 4.16. The molecule has 90 valence electrons. The van der Waals surface area contributed by atoms with Crippen molar-refractivity contribution in [3.63, 3.8) is 0 Å². The lowest BCUT2D eigenvalue weighted by Gasteiger charge is -2.25. The highest BCUT2D eigenvalue weighted by Crippen LogP contribution is 2.38. The molecular weight excluding hydrogens is 220 g/mol. The first kappa shape index (κ1) is 11.6. The molecule has 1 aromatic rings. The molecule has 1 amide bonds. The molecule has 1 heterocycles. The Kier molecular flexibility index (Phi) is 3.08. The third-order valence-corrected chi connectivity index (χ3v) is 2.84. The number of fused-ring (bicyclic) bond motifs is 1. The van der Waals surface area contributed by atoms with E-state index in [1.54, 1.807) is 6.07 Å². The number of hydrogen-bond acceptors (Lipinski definition) is 3. The number of amides is 1. The number of hydrogen-bond donors (Lipinski definition) is 1. The molecule has 1 aliphatic heterocycles. The van der Waals surface area contributed by atoms with Crippen molar-refractivity contribution in [2.75, 3.05) is 0 Å². The maximum Gasteiger partial charge on any atom is 0.449 e. The van der Waals surface area contributed by atoms with Crippen LogP contribution in [0.1, 0.15) is 24.5 Å². The molecule has 17 heavy (non-hydrogen) atoms. The molecule has 0 saturated carbocycles. The van der Waals surface area contributed by atoms with Crippen LogP contribution in [0.3, 0.4) is 0 Å². The Labute approximate surface area is 99.1 Å². The Balaban J connectivity index is 2.43. The maximum atomic E-state index is 10.4. The minimum atomic E-state index is -1.30. The highest BCUT2D eigenvalue weighted by atomic mass is 16.5. The maximum absolute atomic E-state index is 10.4. The fraction of sp³-hybridized carbons (Fsp3) is 0.417. The Morgan fingerprint density at radius 3 is 3.00 bits per heavy atom. The zero-order valence-corrected chi connectivity index (χ0v) is 9.80. The predicted octanol–water partition coefficient (Wildman–Crippen LogP) is 3.47. The molecule has 1 aliphatic rings. The zero-order valence-electron chi connectivity index (χ0n) is 9.80. The molecule has 5 nitrogen and oxygen atoms in total. The van der Waals surface area contributed by atoms with Gasteiger partial charge >= 0.3 is 6.09 Å². The fourth-order valence-corrected chi connectivity index (χ4v) is 1.94. The van der Waals surface area contributed by atoms with Gasteiger partial charge in [0.1, 0.15) is 5.69 Å². The number of carboxylic acid groups (broad SMARTS) is 1. The van der Waals surface area contributed by atoms with Crippen LogP contribution in [0.5, 0.6) is 5.75 Å². The van der Waals surface area contributed by atoms with Gasteiger partial charge in [0.2, 0.25) is 0 Å². The monoisotopic (exact) mass is 234 g/mol. The lowest BCUT2D eigenvalue weighted by Crippen LogP contribution is -2.19. The average molecular weight is 234 g/mol. The summed E-state index contributed by atoms with van der Waals surface area (Å²) in [5.74, 6) is 0.675. The molecule has 2 rings (SSSR count). The van der Waals surface area contributed by atoms with E-state index in [1.807, 2.05) is 19.9 Å². The highest BCUT2D eigenvalue weighted by molar-refractivity contribution is 5.66. The molecule has 0 radical (unpaired) electrons. The first-order chi connectivity index (χ1) is 8.08. The minimum absolute atomic E-state index is 0.128. The van der Waals surface area contributed by atoms with Crippen LogP contribution in [0.4, 0.5) is 10.5 Å². The summed E-state index contributed by atoms with van der Waals surface area (Å²) in [5, 5.41) is 15.3. The molecule has 1 aromatic carbocycles. The number of benzene rings is 1. The fourth-order valence-electron chi connectivity index (χ4n) is 1.94. The lowest BCUT2D eigenvalue weighted by molar-refractivity contribution is 0.193. The topological polar surface area (TPSA) is 71.2 Å². The van der Waals surface area contributed by atoms with E-state index in [9.17, 15) is 4.79 Å². The van der Waals surface area contributed by atoms with E-state index in [4.69, 9.17) is 9.84 Å². The molecule has 0 aromatic heterocycles. The van der Waals surface area contributed by atoms with Gasteiger partial charge in [-0.15, -0.1) is 5.11 Å². The van der Waals surface area contributed by atoms with E-state index in [0.717, 1.165) is 24.0 Å². The van der Waals surface area contributed by atoms with Gasteiger partial charge in [0.15, 0.2) is 5.75 Å². The van der Waals surface area contributed by atoms with Gasteiger partial charge in [0, 0.05) is 0 Å². The number of carbonyl (C=O) groups is 1. The molecule has 1 atom stereocenters. The first-order valence-electron chi connectivity index (χ1n) is 5.51. The summed E-state index contributed by atoms with van der Waals surface area (Å²) in [7, 11) is 0. The molecule has 0 aliphatic carbocycles. The zero-order chi connectivity index (χ0) is 12.4. The summed E-state index contributed by atoms with van der Waals surface area (Å²) in [6, 6.07) is 3.65. The standard InChI is InChI=1S/C12H14N2O3/c1-7-3-6-10(13-14-12(15)16)11-9(7)5-4-8(2)17-11/h3,6,8H,4-5H2,1-2H3,(H,15,16). The van der Waals surface area contributed by atoms with Gasteiger partial charge in [0.05, 0.1) is 6.10 Å². The van der Waals surface area contributed by atoms with Crippen molar-refractivity contribution in [3.05, 3.63) is 23.3 Å². The number of nitrogens with zero attached hydrogens (tertiary/aromatic N) is 2. The van der Waals surface area contributed by atoms with Crippen LogP contribution < -0.4 is 4.74 Å². The van der Waals surface area contributed by atoms with Crippen LogP contribution in [0.15, 0.2) is 22.4 Å². The van der Waals surface area contributed by atoms with Crippen molar-refractivity contribution in [1.82, 2.24) is 0 Å². The molecule has 0 fully saturated rings. The van der Waals surface area contributed by atoms with E-state index in [0.29, 0.717) is 11.4 Å². The Morgan fingerprint density at radius 2 is 2.29 bits per heavy atom. The van der Waals surface area contributed by atoms with Gasteiger partial charge in [-0.05, 0) is 43.9 Å². The summed E-state index contributed by atoms with van der Waals surface area (Å²) in [6.07, 6.45) is 0.720. The van der Waals surface area contributed by atoms with E-state index >= 15 is 0 Å². The normalized spacial score (nSPS) is 18.8. The molecule has 0 spiro atoms. The molecule has 1 N–H and O–H groups in total. The lowest BCUT2D eigenvalue weighted by atomic mass is 9.97. The number of ether oxygens (including phenoxy) is 1. The van der Waals surface area contributed by atoms with Gasteiger partial charge in [-0.25, -0.2) is 4.79 Å². The summed E-state index contributed by atoms with van der Waals surface area (Å²) in [5.41, 5.74) is 2.73. The second-order valence-electron chi connectivity index (χ2n) is 4.16. The summed E-state index contributed by atoms with van der Waals surface area (Å²) < 4.78 is 5.73. The van der Waals surface area contributed by atoms with Crippen LogP contribution in [-0.2, 0) is 6.42 Å². The van der Waals surface area contributed by atoms with Crippen LogP contribution in [0.25, 0.3) is 0 Å². The third-order valence-electron chi connectivity index (χ3n) is 2.84. The van der Waals surface area contributed by atoms with Crippen molar-refractivity contribution in [2.45, 2.75) is 32.8 Å². The van der Waals surface area contributed by atoms with E-state index < -0.39 is 6.09 Å². The minimum Gasteiger partial charge on any atom is -0.488 e. The van der Waals surface area contributed by atoms with Crippen LogP contribution in [0, 0.1) is 6.92 Å². The highest BCUT2D eigenvalue weighted by Gasteiger charge is 2.21. The first-order valence-corrected chi connectivity index (χ1v) is 5.51. The summed E-state index contributed by atoms with van der Waals surface area (Å²) >= 11 is 0. The van der Waals surface area contributed by atoms with Crippen LogP contribution >= 0.6 is 0 Å². The second kappa shape index (κ2) is 4.53. The number of rotatable bonds is 1. The quantitative estimate of drug-likeness (QED) is 0.756. The third kappa shape index (κ3) is 2.43. The Morgan fingerprint density at radius 1 is 1.53 bits per heavy atom. The van der Waals surface area contributed by atoms with Gasteiger partial charge < -0.3 is 9.84 Å². The van der Waals surface area contributed by atoms with Crippen molar-refractivity contribution >= 4 is 11.8 Å². The number of aryl methyl sites for hydroxylation is 1. The van der Waals surface area contributed by atoms with Gasteiger partial charge in [-0.3, -0.25) is 0 Å². The molecule has 5 heteroatoms. The van der Waals surface area contributed by atoms with Gasteiger partial charge in [-0.2, -0.15) is 0 Å². The summed E-state index contributed by atoms with van der Waals surface area (Å²) in [6.45, 7) is 4.00. The predicted molar refractivity (Wildman–Crippen MR) is 62.1 cm³/mol. The molecule has 0 bridgehead atoms. The van der Waals surface area contributed by atoms with Crippen LogP contribution in [-0.4, -0.2) is 17.3 Å². The molecular formula is C12H14N2O3. The van der Waals surface area contributed by atoms with Crippen molar-refractivity contribution < 1.29 is 14.6 Å². The van der Waals surface area contributed by atoms with Crippen molar-refractivity contribution in [1.29, 1.82) is 0 Å². The molecule has 1 unspecified atom stereocenters. The SMILES string of the molecule is Cc1ccc(N=NC(=O)O)c2c1CCC(C)O2. The average Bonchev–Trinajstić information content (AvgIpc) is 2.28. The van der Waals surface area contributed by atoms with Gasteiger partial charge in [-0.1, -0.05) is 11.2 Å². The Hall–Kier alpha value is -1.91. The van der Waals surface area contributed by atoms with E-state index in [1.165, 1.54) is 0 Å². The van der Waals surface area contributed by atoms with Crippen molar-refractivity contribution in [3.8, 4) is 5.75 Å².